The molecule has 1 N–H and O–H groups in total. The third-order valence-electron chi connectivity index (χ3n) is 3.35. The van der Waals surface area contributed by atoms with E-state index in [1.807, 2.05) is 13.8 Å². The molecular weight excluding hydrogens is 264 g/mol. The molecule has 1 unspecified atom stereocenters. The summed E-state index contributed by atoms with van der Waals surface area (Å²) in [4.78, 5) is 0. The van der Waals surface area contributed by atoms with E-state index in [2.05, 4.69) is 19.5 Å². The summed E-state index contributed by atoms with van der Waals surface area (Å²) in [5.41, 5.74) is 0. The van der Waals surface area contributed by atoms with Crippen LogP contribution in [0.2, 0.25) is 0 Å². The van der Waals surface area contributed by atoms with Crippen LogP contribution in [0, 0.1) is 0 Å². The SMILES string of the molecule is CCCS(=O)(=O)NC(C)c1nnc2n1CCCCC2. The quantitative estimate of drug-likeness (QED) is 0.887. The fourth-order valence-corrected chi connectivity index (χ4v) is 3.78. The van der Waals surface area contributed by atoms with Crippen LogP contribution in [0.25, 0.3) is 0 Å². The molecule has 1 aromatic rings. The largest absolute Gasteiger partial charge is 0.314 e. The summed E-state index contributed by atoms with van der Waals surface area (Å²) in [7, 11) is -3.22. The molecule has 0 saturated heterocycles. The highest BCUT2D eigenvalue weighted by atomic mass is 32.2. The predicted molar refractivity (Wildman–Crippen MR) is 73.2 cm³/mol. The van der Waals surface area contributed by atoms with Crippen LogP contribution < -0.4 is 4.72 Å². The Balaban J connectivity index is 2.16. The fourth-order valence-electron chi connectivity index (χ4n) is 2.48. The van der Waals surface area contributed by atoms with E-state index in [9.17, 15) is 8.42 Å². The summed E-state index contributed by atoms with van der Waals surface area (Å²) in [6.07, 6.45) is 4.97. The average molecular weight is 286 g/mol. The van der Waals surface area contributed by atoms with Gasteiger partial charge in [-0.25, -0.2) is 13.1 Å². The van der Waals surface area contributed by atoms with Crippen molar-refractivity contribution in [3.63, 3.8) is 0 Å². The Morgan fingerprint density at radius 2 is 2.11 bits per heavy atom. The molecule has 7 heteroatoms. The van der Waals surface area contributed by atoms with E-state index in [1.54, 1.807) is 0 Å². The van der Waals surface area contributed by atoms with Gasteiger partial charge in [-0.05, 0) is 26.2 Å². The van der Waals surface area contributed by atoms with Crippen molar-refractivity contribution < 1.29 is 8.42 Å². The number of aryl methyl sites for hydroxylation is 1. The number of hydrogen-bond donors (Lipinski definition) is 1. The van der Waals surface area contributed by atoms with Gasteiger partial charge in [-0.3, -0.25) is 0 Å². The van der Waals surface area contributed by atoms with E-state index in [4.69, 9.17) is 0 Å². The molecule has 0 fully saturated rings. The minimum absolute atomic E-state index is 0.151. The molecule has 1 aliphatic heterocycles. The third kappa shape index (κ3) is 3.54. The molecule has 0 spiro atoms. The molecule has 108 valence electrons. The molecule has 0 bridgehead atoms. The molecule has 1 aliphatic rings. The second kappa shape index (κ2) is 6.00. The van der Waals surface area contributed by atoms with Crippen LogP contribution >= 0.6 is 0 Å². The van der Waals surface area contributed by atoms with E-state index >= 15 is 0 Å². The van der Waals surface area contributed by atoms with Gasteiger partial charge >= 0.3 is 0 Å². The zero-order valence-corrected chi connectivity index (χ0v) is 12.4. The van der Waals surface area contributed by atoms with Crippen LogP contribution in [0.4, 0.5) is 0 Å². The van der Waals surface area contributed by atoms with Crippen molar-refractivity contribution in [1.29, 1.82) is 0 Å². The summed E-state index contributed by atoms with van der Waals surface area (Å²) in [6, 6.07) is -0.323. The minimum Gasteiger partial charge on any atom is -0.314 e. The molecule has 6 nitrogen and oxygen atoms in total. The van der Waals surface area contributed by atoms with Crippen molar-refractivity contribution in [1.82, 2.24) is 19.5 Å². The number of hydrogen-bond acceptors (Lipinski definition) is 4. The Morgan fingerprint density at radius 3 is 2.84 bits per heavy atom. The van der Waals surface area contributed by atoms with Crippen molar-refractivity contribution in [3.8, 4) is 0 Å². The molecule has 2 heterocycles. The van der Waals surface area contributed by atoms with Gasteiger partial charge in [0.25, 0.3) is 0 Å². The monoisotopic (exact) mass is 286 g/mol. The van der Waals surface area contributed by atoms with E-state index in [0.29, 0.717) is 6.42 Å². The summed E-state index contributed by atoms with van der Waals surface area (Å²) in [5.74, 6) is 1.86. The van der Waals surface area contributed by atoms with Crippen LogP contribution in [0.5, 0.6) is 0 Å². The minimum atomic E-state index is -3.22. The van der Waals surface area contributed by atoms with Gasteiger partial charge in [0.05, 0.1) is 11.8 Å². The summed E-state index contributed by atoms with van der Waals surface area (Å²) in [6.45, 7) is 4.57. The lowest BCUT2D eigenvalue weighted by atomic mass is 10.2. The Morgan fingerprint density at radius 1 is 1.32 bits per heavy atom. The first kappa shape index (κ1) is 14.5. The molecule has 0 amide bonds. The first-order valence-corrected chi connectivity index (χ1v) is 8.60. The van der Waals surface area contributed by atoms with E-state index in [0.717, 1.165) is 37.5 Å². The van der Waals surface area contributed by atoms with Crippen molar-refractivity contribution in [2.45, 2.75) is 58.5 Å². The maximum absolute atomic E-state index is 11.8. The zero-order chi connectivity index (χ0) is 13.9. The lowest BCUT2D eigenvalue weighted by Crippen LogP contribution is -2.30. The molecular formula is C12H22N4O2S. The smallest absolute Gasteiger partial charge is 0.212 e. The van der Waals surface area contributed by atoms with Gasteiger partial charge in [0, 0.05) is 13.0 Å². The molecule has 19 heavy (non-hydrogen) atoms. The molecule has 0 radical (unpaired) electrons. The van der Waals surface area contributed by atoms with Crippen molar-refractivity contribution in [2.75, 3.05) is 5.75 Å². The summed E-state index contributed by atoms with van der Waals surface area (Å²) < 4.78 is 28.4. The maximum atomic E-state index is 11.8. The Hall–Kier alpha value is -0.950. The van der Waals surface area contributed by atoms with Gasteiger partial charge in [0.2, 0.25) is 10.0 Å². The maximum Gasteiger partial charge on any atom is 0.212 e. The normalized spacial score (nSPS) is 17.8. The topological polar surface area (TPSA) is 76.9 Å². The van der Waals surface area contributed by atoms with Crippen LogP contribution in [0.15, 0.2) is 0 Å². The second-order valence-electron chi connectivity index (χ2n) is 5.10. The molecule has 0 saturated carbocycles. The third-order valence-corrected chi connectivity index (χ3v) is 5.01. The lowest BCUT2D eigenvalue weighted by molar-refractivity contribution is 0.533. The van der Waals surface area contributed by atoms with Crippen molar-refractivity contribution in [2.24, 2.45) is 0 Å². The Labute approximate surface area is 114 Å². The van der Waals surface area contributed by atoms with Gasteiger partial charge in [-0.1, -0.05) is 13.3 Å². The van der Waals surface area contributed by atoms with Crippen LogP contribution in [-0.4, -0.2) is 28.9 Å². The highest BCUT2D eigenvalue weighted by molar-refractivity contribution is 7.89. The van der Waals surface area contributed by atoms with Crippen LogP contribution in [0.3, 0.4) is 0 Å². The highest BCUT2D eigenvalue weighted by Crippen LogP contribution is 2.19. The van der Waals surface area contributed by atoms with E-state index in [-0.39, 0.29) is 11.8 Å². The fraction of sp³-hybridized carbons (Fsp3) is 0.833. The van der Waals surface area contributed by atoms with Gasteiger partial charge in [-0.2, -0.15) is 0 Å². The van der Waals surface area contributed by atoms with Crippen molar-refractivity contribution >= 4 is 10.0 Å². The number of rotatable bonds is 5. The van der Waals surface area contributed by atoms with Crippen molar-refractivity contribution in [3.05, 3.63) is 11.6 Å². The highest BCUT2D eigenvalue weighted by Gasteiger charge is 2.22. The average Bonchev–Trinajstić information content (AvgIpc) is 2.58. The van der Waals surface area contributed by atoms with Crippen LogP contribution in [0.1, 0.15) is 57.2 Å². The van der Waals surface area contributed by atoms with Gasteiger partial charge in [0.15, 0.2) is 5.82 Å². The van der Waals surface area contributed by atoms with E-state index < -0.39 is 10.0 Å². The number of fused-ring (bicyclic) bond motifs is 1. The lowest BCUT2D eigenvalue weighted by Gasteiger charge is -2.15. The number of aromatic nitrogens is 3. The van der Waals surface area contributed by atoms with E-state index in [1.165, 1.54) is 6.42 Å². The standard InChI is InChI=1S/C12H22N4O2S/c1-3-9-19(17,18)15-10(2)12-14-13-11-7-5-4-6-8-16(11)12/h10,15H,3-9H2,1-2H3. The molecule has 1 atom stereocenters. The first-order chi connectivity index (χ1) is 9.03. The Kier molecular flexibility index (Phi) is 4.57. The second-order valence-corrected chi connectivity index (χ2v) is 6.97. The van der Waals surface area contributed by atoms with Gasteiger partial charge in [-0.15, -0.1) is 10.2 Å². The number of nitrogens with zero attached hydrogens (tertiary/aromatic N) is 3. The summed E-state index contributed by atoms with van der Waals surface area (Å²) in [5, 5.41) is 8.36. The number of sulfonamides is 1. The van der Waals surface area contributed by atoms with Gasteiger partial charge < -0.3 is 4.57 Å². The predicted octanol–water partition coefficient (Wildman–Crippen LogP) is 1.39. The zero-order valence-electron chi connectivity index (χ0n) is 11.6. The first-order valence-electron chi connectivity index (χ1n) is 6.95. The molecule has 0 aromatic carbocycles. The molecule has 1 aromatic heterocycles. The number of nitrogens with one attached hydrogen (secondary N) is 1. The molecule has 0 aliphatic carbocycles. The Bertz CT molecular complexity index is 524. The summed E-state index contributed by atoms with van der Waals surface area (Å²) >= 11 is 0. The molecule has 2 rings (SSSR count). The van der Waals surface area contributed by atoms with Crippen LogP contribution in [-0.2, 0) is 23.0 Å². The van der Waals surface area contributed by atoms with Gasteiger partial charge in [0.1, 0.15) is 5.82 Å².